The number of halogens is 1. The highest BCUT2D eigenvalue weighted by Gasteiger charge is 2.32. The van der Waals surface area contributed by atoms with Gasteiger partial charge in [-0.25, -0.2) is 18.8 Å². The summed E-state index contributed by atoms with van der Waals surface area (Å²) in [4.78, 5) is 16.6. The number of carbonyl (C=O) groups is 1. The van der Waals surface area contributed by atoms with Gasteiger partial charge in [0, 0.05) is 22.6 Å². The molecule has 0 radical (unpaired) electrons. The van der Waals surface area contributed by atoms with Crippen LogP contribution in [0.5, 0.6) is 5.75 Å². The fraction of sp³-hybridized carbons (Fsp3) is 0.0500. The van der Waals surface area contributed by atoms with Crippen molar-refractivity contribution in [3.8, 4) is 5.75 Å². The number of amides is 1. The van der Waals surface area contributed by atoms with Gasteiger partial charge in [-0.15, -0.1) is 0 Å². The number of rotatable bonds is 4. The van der Waals surface area contributed by atoms with E-state index in [1.165, 1.54) is 24.4 Å². The molecule has 1 aliphatic heterocycles. The predicted octanol–water partition coefficient (Wildman–Crippen LogP) is 2.57. The number of nitrogens with zero attached hydrogens (tertiary/aromatic N) is 2. The molecule has 1 aliphatic rings. The molecule has 0 fully saturated rings. The number of methoxy groups -OCH3 is 1. The first kappa shape index (κ1) is 20.6. The quantitative estimate of drug-likeness (QED) is 0.313. The number of hydrogen-bond donors (Lipinski definition) is 3. The summed E-state index contributed by atoms with van der Waals surface area (Å²) in [6.07, 6.45) is 1.26. The van der Waals surface area contributed by atoms with E-state index in [9.17, 15) is 18.3 Å². The number of carbonyl (C=O) groups excluding carboxylic acids is 1. The van der Waals surface area contributed by atoms with Gasteiger partial charge in [-0.3, -0.25) is 9.52 Å². The van der Waals surface area contributed by atoms with Gasteiger partial charge in [0.15, 0.2) is 11.5 Å². The Morgan fingerprint density at radius 2 is 2.03 bits per heavy atom. The third-order valence-electron chi connectivity index (χ3n) is 4.51. The number of aliphatic hydroxyl groups excluding tert-OH is 1. The fourth-order valence-electron chi connectivity index (χ4n) is 3.00. The van der Waals surface area contributed by atoms with Crippen LogP contribution in [0.25, 0.3) is 16.7 Å². The number of aromatic nitrogens is 1. The zero-order chi connectivity index (χ0) is 22.2. The topological polar surface area (TPSA) is 130 Å². The summed E-state index contributed by atoms with van der Waals surface area (Å²) in [5.74, 6) is -0.812. The van der Waals surface area contributed by atoms with Gasteiger partial charge in [-0.05, 0) is 30.3 Å². The van der Waals surface area contributed by atoms with Crippen LogP contribution in [-0.2, 0) is 14.8 Å². The molecule has 3 aromatic rings. The van der Waals surface area contributed by atoms with Crippen LogP contribution in [-0.4, -0.2) is 37.7 Å². The number of hydrazone groups is 1. The Hall–Kier alpha value is -3.63. The van der Waals surface area contributed by atoms with Crippen LogP contribution in [0.2, 0.25) is 5.15 Å². The van der Waals surface area contributed by atoms with Gasteiger partial charge in [-0.1, -0.05) is 23.7 Å². The highest BCUT2D eigenvalue weighted by Crippen LogP contribution is 2.28. The summed E-state index contributed by atoms with van der Waals surface area (Å²) < 4.78 is 31.9. The lowest BCUT2D eigenvalue weighted by molar-refractivity contribution is -0.117. The maximum absolute atomic E-state index is 12.4. The second-order valence-electron chi connectivity index (χ2n) is 6.45. The van der Waals surface area contributed by atoms with Crippen molar-refractivity contribution >= 4 is 50.4 Å². The second-order valence-corrected chi connectivity index (χ2v) is 8.46. The maximum atomic E-state index is 12.4. The molecule has 0 saturated carbocycles. The average molecular weight is 459 g/mol. The summed E-state index contributed by atoms with van der Waals surface area (Å²) in [7, 11) is -2.46. The van der Waals surface area contributed by atoms with Crippen LogP contribution in [0, 0.1) is 0 Å². The predicted molar refractivity (Wildman–Crippen MR) is 115 cm³/mol. The first-order valence-corrected chi connectivity index (χ1v) is 10.7. The smallest absolute Gasteiger partial charge is 0.292 e. The third-order valence-corrected chi connectivity index (χ3v) is 6.22. The molecule has 2 aromatic carbocycles. The number of nitrogens with one attached hydrogen (secondary N) is 2. The molecule has 0 unspecified atom stereocenters. The van der Waals surface area contributed by atoms with Crippen molar-refractivity contribution in [3.05, 3.63) is 70.5 Å². The number of fused-ring (bicyclic) bond motifs is 2. The normalized spacial score (nSPS) is 14.9. The van der Waals surface area contributed by atoms with Crippen molar-refractivity contribution in [2.24, 2.45) is 5.10 Å². The van der Waals surface area contributed by atoms with Gasteiger partial charge in [0.2, 0.25) is 0 Å². The van der Waals surface area contributed by atoms with E-state index >= 15 is 0 Å². The monoisotopic (exact) mass is 458 g/mol. The van der Waals surface area contributed by atoms with Crippen LogP contribution in [0.1, 0.15) is 11.1 Å². The van der Waals surface area contributed by atoms with Gasteiger partial charge in [0.25, 0.3) is 15.9 Å². The molecule has 3 N–H and O–H groups in total. The Bertz CT molecular complexity index is 1390. The largest absolute Gasteiger partial charge is 0.505 e. The highest BCUT2D eigenvalue weighted by molar-refractivity contribution is 7.89. The SMILES string of the molecule is COc1ccc2cc(/C=N/NC(=O)C3=C(O)c4ccccc4S(=O)(=O)N3)c(Cl)nc2c1. The number of ether oxygens (including phenoxy) is 1. The third kappa shape index (κ3) is 3.90. The van der Waals surface area contributed by atoms with E-state index in [4.69, 9.17) is 16.3 Å². The minimum atomic E-state index is -4.01. The van der Waals surface area contributed by atoms with Crippen molar-refractivity contribution in [1.82, 2.24) is 15.1 Å². The molecule has 1 aromatic heterocycles. The van der Waals surface area contributed by atoms with E-state index in [2.05, 4.69) is 20.2 Å². The molecule has 4 rings (SSSR count). The van der Waals surface area contributed by atoms with Gasteiger partial charge in [-0.2, -0.15) is 5.10 Å². The number of aliphatic hydroxyl groups is 1. The number of sulfonamides is 1. The van der Waals surface area contributed by atoms with E-state index in [0.29, 0.717) is 16.8 Å². The van der Waals surface area contributed by atoms with Crippen molar-refractivity contribution in [2.45, 2.75) is 4.90 Å². The van der Waals surface area contributed by atoms with Crippen molar-refractivity contribution in [2.75, 3.05) is 7.11 Å². The molecule has 158 valence electrons. The summed E-state index contributed by atoms with van der Waals surface area (Å²) >= 11 is 6.18. The van der Waals surface area contributed by atoms with Crippen LogP contribution >= 0.6 is 11.6 Å². The minimum Gasteiger partial charge on any atom is -0.505 e. The zero-order valence-corrected chi connectivity index (χ0v) is 17.5. The molecule has 0 atom stereocenters. The van der Waals surface area contributed by atoms with Gasteiger partial charge < -0.3 is 9.84 Å². The van der Waals surface area contributed by atoms with Gasteiger partial charge in [0.1, 0.15) is 10.9 Å². The summed E-state index contributed by atoms with van der Waals surface area (Å²) in [5, 5.41) is 15.1. The lowest BCUT2D eigenvalue weighted by Crippen LogP contribution is -2.37. The van der Waals surface area contributed by atoms with Crippen molar-refractivity contribution < 1.29 is 23.1 Å². The molecular weight excluding hydrogens is 444 g/mol. The zero-order valence-electron chi connectivity index (χ0n) is 16.0. The minimum absolute atomic E-state index is 0.0209. The summed E-state index contributed by atoms with van der Waals surface area (Å²) in [5.41, 5.74) is 2.70. The Balaban J connectivity index is 1.58. The first-order valence-electron chi connectivity index (χ1n) is 8.83. The number of benzene rings is 2. The lowest BCUT2D eigenvalue weighted by atomic mass is 10.1. The van der Waals surface area contributed by atoms with E-state index < -0.39 is 27.4 Å². The Labute approximate surface area is 182 Å². The van der Waals surface area contributed by atoms with Crippen molar-refractivity contribution in [3.63, 3.8) is 0 Å². The van der Waals surface area contributed by atoms with Crippen LogP contribution < -0.4 is 14.9 Å². The molecule has 31 heavy (non-hydrogen) atoms. The standard InChI is InChI=1S/C20H15ClN4O5S/c1-30-13-7-6-11-8-12(19(21)23-15(11)9-13)10-22-24-20(27)17-18(26)14-4-2-3-5-16(14)31(28,29)25-17/h2-10,25-26H,1H3,(H,24,27)/b22-10+. The fourth-order valence-corrected chi connectivity index (χ4v) is 4.47. The summed E-state index contributed by atoms with van der Waals surface area (Å²) in [6, 6.07) is 12.8. The molecule has 11 heteroatoms. The Kier molecular flexibility index (Phi) is 5.25. The molecule has 2 heterocycles. The summed E-state index contributed by atoms with van der Waals surface area (Å²) in [6.45, 7) is 0. The van der Waals surface area contributed by atoms with Crippen LogP contribution in [0.4, 0.5) is 0 Å². The average Bonchev–Trinajstić information content (AvgIpc) is 2.76. The van der Waals surface area contributed by atoms with Crippen LogP contribution in [0.3, 0.4) is 0 Å². The molecule has 0 spiro atoms. The van der Waals surface area contributed by atoms with Gasteiger partial charge in [0.05, 0.1) is 23.7 Å². The van der Waals surface area contributed by atoms with Crippen LogP contribution in [0.15, 0.2) is 64.2 Å². The number of hydrogen-bond acceptors (Lipinski definition) is 7. The molecule has 1 amide bonds. The molecule has 9 nitrogen and oxygen atoms in total. The van der Waals surface area contributed by atoms with E-state index in [1.807, 2.05) is 0 Å². The molecule has 0 saturated heterocycles. The number of pyridine rings is 1. The maximum Gasteiger partial charge on any atom is 0.292 e. The van der Waals surface area contributed by atoms with E-state index in [1.54, 1.807) is 37.4 Å². The van der Waals surface area contributed by atoms with Crippen molar-refractivity contribution in [1.29, 1.82) is 0 Å². The highest BCUT2D eigenvalue weighted by atomic mass is 35.5. The Morgan fingerprint density at radius 1 is 1.26 bits per heavy atom. The van der Waals surface area contributed by atoms with E-state index in [0.717, 1.165) is 5.39 Å². The Morgan fingerprint density at radius 3 is 2.81 bits per heavy atom. The first-order chi connectivity index (χ1) is 14.8. The molecule has 0 bridgehead atoms. The van der Waals surface area contributed by atoms with E-state index in [-0.39, 0.29) is 15.6 Å². The second kappa shape index (κ2) is 7.89. The lowest BCUT2D eigenvalue weighted by Gasteiger charge is -2.20. The van der Waals surface area contributed by atoms with Gasteiger partial charge >= 0.3 is 0 Å². The molecular formula is C20H15ClN4O5S. The molecule has 0 aliphatic carbocycles.